The van der Waals surface area contributed by atoms with Crippen LogP contribution in [0.1, 0.15) is 26.7 Å². The van der Waals surface area contributed by atoms with Crippen molar-refractivity contribution in [3.05, 3.63) is 36.4 Å². The lowest BCUT2D eigenvalue weighted by atomic mass is 9.97. The summed E-state index contributed by atoms with van der Waals surface area (Å²) >= 11 is 0. The molecule has 1 fully saturated rings. The monoisotopic (exact) mass is 495 g/mol. The van der Waals surface area contributed by atoms with Crippen molar-refractivity contribution in [3.8, 4) is 0 Å². The molecule has 3 rings (SSSR count). The van der Waals surface area contributed by atoms with Crippen LogP contribution >= 0.6 is 0 Å². The van der Waals surface area contributed by atoms with E-state index in [1.54, 1.807) is 25.0 Å². The minimum atomic E-state index is -3.50. The van der Waals surface area contributed by atoms with E-state index in [0.717, 1.165) is 31.7 Å². The van der Waals surface area contributed by atoms with Crippen LogP contribution in [0, 0.1) is 11.7 Å². The Morgan fingerprint density at radius 1 is 1.26 bits per heavy atom. The fraction of sp³-hybridized carbons (Fsp3) is 0.500. The quantitative estimate of drug-likeness (QED) is 0.547. The number of sulfone groups is 1. The normalized spacial score (nSPS) is 15.2. The highest BCUT2D eigenvalue weighted by Crippen LogP contribution is 2.25. The molecule has 2 heterocycles. The van der Waals surface area contributed by atoms with Crippen molar-refractivity contribution < 1.29 is 27.2 Å². The van der Waals surface area contributed by atoms with Crippen molar-refractivity contribution in [2.75, 3.05) is 43.2 Å². The van der Waals surface area contributed by atoms with E-state index >= 15 is 0 Å². The fourth-order valence-corrected chi connectivity index (χ4v) is 4.21. The summed E-state index contributed by atoms with van der Waals surface area (Å²) in [6.45, 7) is 5.50. The standard InChI is InChI=1S/C22H30FN5O5S/c1-15(2)32-22(29)33-28-9-7-16(8-10-28)13-27(3)21-12-20(24-14-25-21)26-19-6-5-17(11-18(19)23)34(4,30)31/h5-6,11-12,14-16H,7-10,13H2,1-4H3,(H,24,25,26). The SMILES string of the molecule is CC(C)OC(=O)ON1CCC(CN(C)c2cc(Nc3ccc(S(C)(=O)=O)cc3F)ncn2)CC1. The number of hydrogen-bond donors (Lipinski definition) is 1. The molecule has 0 saturated carbocycles. The van der Waals surface area contributed by atoms with Crippen molar-refractivity contribution >= 4 is 33.3 Å². The molecular formula is C22H30FN5O5S. The molecule has 2 aromatic rings. The number of nitrogens with one attached hydrogen (secondary N) is 1. The van der Waals surface area contributed by atoms with Crippen LogP contribution in [0.15, 0.2) is 35.5 Å². The van der Waals surface area contributed by atoms with Crippen molar-refractivity contribution in [1.82, 2.24) is 15.0 Å². The number of ether oxygens (including phenoxy) is 1. The Bertz CT molecular complexity index is 1110. The number of anilines is 3. The molecule has 1 aromatic heterocycles. The number of halogens is 1. The smallest absolute Gasteiger partial charge is 0.430 e. The maximum atomic E-state index is 14.4. The summed E-state index contributed by atoms with van der Waals surface area (Å²) in [5, 5.41) is 4.50. The highest BCUT2D eigenvalue weighted by atomic mass is 32.2. The number of piperidine rings is 1. The largest absolute Gasteiger partial charge is 0.528 e. The molecule has 0 radical (unpaired) electrons. The molecule has 0 spiro atoms. The van der Waals surface area contributed by atoms with Gasteiger partial charge >= 0.3 is 6.16 Å². The molecule has 1 aliphatic heterocycles. The van der Waals surface area contributed by atoms with Crippen molar-refractivity contribution in [3.63, 3.8) is 0 Å². The van der Waals surface area contributed by atoms with Crippen LogP contribution in [0.25, 0.3) is 0 Å². The number of hydrogen-bond acceptors (Lipinski definition) is 10. The van der Waals surface area contributed by atoms with Gasteiger partial charge in [0.15, 0.2) is 9.84 Å². The Morgan fingerprint density at radius 2 is 1.97 bits per heavy atom. The molecule has 10 nitrogen and oxygen atoms in total. The zero-order valence-corrected chi connectivity index (χ0v) is 20.5. The van der Waals surface area contributed by atoms with E-state index in [1.165, 1.54) is 18.5 Å². The van der Waals surface area contributed by atoms with Gasteiger partial charge in [-0.25, -0.2) is 27.6 Å². The molecule has 0 amide bonds. The number of carbonyl (C=O) groups excluding carboxylic acids is 1. The second-order valence-corrected chi connectivity index (χ2v) is 10.6. The lowest BCUT2D eigenvalue weighted by Crippen LogP contribution is -2.39. The van der Waals surface area contributed by atoms with Gasteiger partial charge in [-0.3, -0.25) is 0 Å². The first kappa shape index (κ1) is 25.6. The molecule has 0 bridgehead atoms. The first-order chi connectivity index (χ1) is 16.0. The van der Waals surface area contributed by atoms with Crippen LogP contribution in [-0.4, -0.2) is 68.6 Å². The van der Waals surface area contributed by atoms with Gasteiger partial charge in [-0.15, -0.1) is 5.06 Å². The number of benzene rings is 1. The van der Waals surface area contributed by atoms with Gasteiger partial charge in [-0.2, -0.15) is 0 Å². The molecule has 0 unspecified atom stereocenters. The van der Waals surface area contributed by atoms with Crippen molar-refractivity contribution in [2.24, 2.45) is 5.92 Å². The van der Waals surface area contributed by atoms with Crippen LogP contribution in [0.5, 0.6) is 0 Å². The minimum Gasteiger partial charge on any atom is -0.430 e. The molecule has 34 heavy (non-hydrogen) atoms. The summed E-state index contributed by atoms with van der Waals surface area (Å²) in [6.07, 6.45) is 3.18. The molecule has 0 aliphatic carbocycles. The second kappa shape index (κ2) is 11.0. The number of rotatable bonds is 8. The van der Waals surface area contributed by atoms with Crippen molar-refractivity contribution in [1.29, 1.82) is 0 Å². The fourth-order valence-electron chi connectivity index (χ4n) is 3.57. The lowest BCUT2D eigenvalue weighted by Gasteiger charge is -2.32. The lowest BCUT2D eigenvalue weighted by molar-refractivity contribution is -0.146. The van der Waals surface area contributed by atoms with E-state index in [-0.39, 0.29) is 16.7 Å². The zero-order chi connectivity index (χ0) is 24.9. The Balaban J connectivity index is 1.55. The molecule has 1 saturated heterocycles. The summed E-state index contributed by atoms with van der Waals surface area (Å²) in [7, 11) is -1.58. The topological polar surface area (TPSA) is 114 Å². The maximum Gasteiger partial charge on any atom is 0.528 e. The van der Waals surface area contributed by atoms with E-state index in [4.69, 9.17) is 9.57 Å². The van der Waals surface area contributed by atoms with E-state index in [0.29, 0.717) is 30.6 Å². The van der Waals surface area contributed by atoms with Gasteiger partial charge in [-0.05, 0) is 50.8 Å². The second-order valence-electron chi connectivity index (χ2n) is 8.56. The summed E-state index contributed by atoms with van der Waals surface area (Å²) in [5.41, 5.74) is 0.114. The Labute approximate surface area is 199 Å². The predicted molar refractivity (Wildman–Crippen MR) is 125 cm³/mol. The molecule has 0 atom stereocenters. The summed E-state index contributed by atoms with van der Waals surface area (Å²) in [4.78, 5) is 27.2. The summed E-state index contributed by atoms with van der Waals surface area (Å²) in [5.74, 6) is 0.723. The van der Waals surface area contributed by atoms with Gasteiger partial charge in [0.2, 0.25) is 0 Å². The summed E-state index contributed by atoms with van der Waals surface area (Å²) < 4.78 is 42.6. The first-order valence-corrected chi connectivity index (χ1v) is 12.8. The number of aromatic nitrogens is 2. The molecule has 1 aliphatic rings. The Hall–Kier alpha value is -2.99. The average Bonchev–Trinajstić information content (AvgIpc) is 2.75. The van der Waals surface area contributed by atoms with Gasteiger partial charge in [0, 0.05) is 39.0 Å². The van der Waals surface area contributed by atoms with Crippen LogP contribution in [0.3, 0.4) is 0 Å². The van der Waals surface area contributed by atoms with Crippen LogP contribution in [-0.2, 0) is 19.4 Å². The molecular weight excluding hydrogens is 465 g/mol. The summed E-state index contributed by atoms with van der Waals surface area (Å²) in [6, 6.07) is 5.38. The van der Waals surface area contributed by atoms with E-state index < -0.39 is 21.8 Å². The van der Waals surface area contributed by atoms with Gasteiger partial charge < -0.3 is 19.8 Å². The van der Waals surface area contributed by atoms with Gasteiger partial charge in [0.25, 0.3) is 0 Å². The van der Waals surface area contributed by atoms with Crippen LogP contribution < -0.4 is 10.2 Å². The highest BCUT2D eigenvalue weighted by Gasteiger charge is 2.24. The average molecular weight is 496 g/mol. The van der Waals surface area contributed by atoms with Crippen LogP contribution in [0.2, 0.25) is 0 Å². The zero-order valence-electron chi connectivity index (χ0n) is 19.7. The third-order valence-corrected chi connectivity index (χ3v) is 6.43. The van der Waals surface area contributed by atoms with Crippen molar-refractivity contribution in [2.45, 2.75) is 37.7 Å². The van der Waals surface area contributed by atoms with Gasteiger partial charge in [-0.1, -0.05) is 0 Å². The van der Waals surface area contributed by atoms with E-state index in [2.05, 4.69) is 15.3 Å². The first-order valence-electron chi connectivity index (χ1n) is 10.9. The van der Waals surface area contributed by atoms with Crippen LogP contribution in [0.4, 0.5) is 26.5 Å². The third-order valence-electron chi connectivity index (χ3n) is 5.32. The maximum absolute atomic E-state index is 14.4. The Morgan fingerprint density at radius 3 is 2.59 bits per heavy atom. The number of carbonyl (C=O) groups is 1. The van der Waals surface area contributed by atoms with Gasteiger partial charge in [0.1, 0.15) is 23.8 Å². The van der Waals surface area contributed by atoms with E-state index in [9.17, 15) is 17.6 Å². The van der Waals surface area contributed by atoms with E-state index in [1.807, 2.05) is 11.9 Å². The highest BCUT2D eigenvalue weighted by molar-refractivity contribution is 7.90. The molecule has 1 N–H and O–H groups in total. The Kier molecular flexibility index (Phi) is 8.26. The number of nitrogens with zero attached hydrogens (tertiary/aromatic N) is 4. The predicted octanol–water partition coefficient (Wildman–Crippen LogP) is 3.39. The minimum absolute atomic E-state index is 0.0908. The molecule has 1 aromatic carbocycles. The molecule has 186 valence electrons. The molecule has 12 heteroatoms. The number of hydroxylamine groups is 2. The third kappa shape index (κ3) is 7.26. The van der Waals surface area contributed by atoms with Gasteiger partial charge in [0.05, 0.1) is 16.7 Å².